The number of aryl methyl sites for hydroxylation is 3. The fourth-order valence-electron chi connectivity index (χ4n) is 2.03. The van der Waals surface area contributed by atoms with E-state index in [4.69, 9.17) is 5.26 Å². The van der Waals surface area contributed by atoms with Crippen LogP contribution >= 0.6 is 0 Å². The van der Waals surface area contributed by atoms with Crippen molar-refractivity contribution < 1.29 is 0 Å². The van der Waals surface area contributed by atoms with Gasteiger partial charge in [0.15, 0.2) is 0 Å². The summed E-state index contributed by atoms with van der Waals surface area (Å²) < 4.78 is 1.98. The van der Waals surface area contributed by atoms with E-state index in [1.807, 2.05) is 29.8 Å². The van der Waals surface area contributed by atoms with Crippen molar-refractivity contribution in [3.63, 3.8) is 0 Å². The van der Waals surface area contributed by atoms with Crippen molar-refractivity contribution in [2.75, 3.05) is 0 Å². The molecule has 0 aliphatic rings. The van der Waals surface area contributed by atoms with E-state index in [9.17, 15) is 0 Å². The topological polar surface area (TPSA) is 41.6 Å². The van der Waals surface area contributed by atoms with E-state index in [1.165, 1.54) is 5.69 Å². The first kappa shape index (κ1) is 12.4. The second kappa shape index (κ2) is 5.05. The van der Waals surface area contributed by atoms with Crippen molar-refractivity contribution in [3.8, 4) is 11.8 Å². The van der Waals surface area contributed by atoms with Gasteiger partial charge in [0.25, 0.3) is 0 Å². The zero-order chi connectivity index (χ0) is 13.1. The van der Waals surface area contributed by atoms with Gasteiger partial charge in [-0.15, -0.1) is 0 Å². The molecule has 0 radical (unpaired) electrons. The summed E-state index contributed by atoms with van der Waals surface area (Å²) in [6.45, 7) is 6.19. The molecule has 0 spiro atoms. The van der Waals surface area contributed by atoms with E-state index in [0.717, 1.165) is 35.3 Å². The molecule has 0 amide bonds. The van der Waals surface area contributed by atoms with Gasteiger partial charge in [-0.25, -0.2) is 4.68 Å². The number of nitrogens with zero attached hydrogens (tertiary/aromatic N) is 3. The summed E-state index contributed by atoms with van der Waals surface area (Å²) in [5.41, 5.74) is 5.05. The summed E-state index contributed by atoms with van der Waals surface area (Å²) >= 11 is 0. The van der Waals surface area contributed by atoms with Gasteiger partial charge in [-0.3, -0.25) is 0 Å². The number of aromatic nitrogens is 2. The van der Waals surface area contributed by atoms with E-state index in [1.54, 1.807) is 0 Å². The number of benzene rings is 1. The van der Waals surface area contributed by atoms with Gasteiger partial charge in [0.1, 0.15) is 0 Å². The molecular formula is C15H17N3. The van der Waals surface area contributed by atoms with Crippen LogP contribution in [-0.2, 0) is 12.8 Å². The number of rotatable bonds is 3. The molecular weight excluding hydrogens is 222 g/mol. The van der Waals surface area contributed by atoms with Crippen LogP contribution in [0.2, 0.25) is 0 Å². The highest BCUT2D eigenvalue weighted by Gasteiger charge is 2.08. The minimum Gasteiger partial charge on any atom is -0.238 e. The molecule has 18 heavy (non-hydrogen) atoms. The Morgan fingerprint density at radius 2 is 2.00 bits per heavy atom. The lowest BCUT2D eigenvalue weighted by Crippen LogP contribution is -2.02. The van der Waals surface area contributed by atoms with Crippen LogP contribution in [0.25, 0.3) is 5.69 Å². The van der Waals surface area contributed by atoms with Gasteiger partial charge in [0.05, 0.1) is 23.0 Å². The molecule has 1 aromatic heterocycles. The SMILES string of the molecule is CCc1cc(CC)n(-c2ccc(C#N)c(C)c2)n1. The highest BCUT2D eigenvalue weighted by molar-refractivity contribution is 5.45. The highest BCUT2D eigenvalue weighted by atomic mass is 15.3. The molecule has 0 saturated carbocycles. The summed E-state index contributed by atoms with van der Waals surface area (Å²) in [6, 6.07) is 10.2. The van der Waals surface area contributed by atoms with Crippen LogP contribution in [0, 0.1) is 18.3 Å². The van der Waals surface area contributed by atoms with Gasteiger partial charge in [0.2, 0.25) is 0 Å². The zero-order valence-electron chi connectivity index (χ0n) is 11.1. The Morgan fingerprint density at radius 1 is 1.22 bits per heavy atom. The third-order valence-corrected chi connectivity index (χ3v) is 3.13. The molecule has 3 heteroatoms. The maximum Gasteiger partial charge on any atom is 0.0994 e. The lowest BCUT2D eigenvalue weighted by molar-refractivity contribution is 0.793. The van der Waals surface area contributed by atoms with Crippen LogP contribution in [-0.4, -0.2) is 9.78 Å². The lowest BCUT2D eigenvalue weighted by Gasteiger charge is -2.07. The molecule has 0 bridgehead atoms. The molecule has 3 nitrogen and oxygen atoms in total. The fourth-order valence-corrected chi connectivity index (χ4v) is 2.03. The molecule has 0 saturated heterocycles. The molecule has 0 atom stereocenters. The minimum atomic E-state index is 0.722. The summed E-state index contributed by atoms with van der Waals surface area (Å²) in [6.07, 6.45) is 1.89. The Balaban J connectivity index is 2.51. The lowest BCUT2D eigenvalue weighted by atomic mass is 10.1. The summed E-state index contributed by atoms with van der Waals surface area (Å²) in [5.74, 6) is 0. The number of hydrogen-bond acceptors (Lipinski definition) is 2. The first-order valence-electron chi connectivity index (χ1n) is 6.28. The molecule has 1 aromatic carbocycles. The molecule has 92 valence electrons. The van der Waals surface area contributed by atoms with Crippen molar-refractivity contribution >= 4 is 0 Å². The van der Waals surface area contributed by atoms with Gasteiger partial charge in [0, 0.05) is 5.69 Å². The molecule has 0 unspecified atom stereocenters. The predicted molar refractivity (Wildman–Crippen MR) is 71.8 cm³/mol. The van der Waals surface area contributed by atoms with E-state index < -0.39 is 0 Å². The third-order valence-electron chi connectivity index (χ3n) is 3.13. The molecule has 1 heterocycles. The number of hydrogen-bond donors (Lipinski definition) is 0. The van der Waals surface area contributed by atoms with Gasteiger partial charge >= 0.3 is 0 Å². The van der Waals surface area contributed by atoms with Gasteiger partial charge in [-0.2, -0.15) is 10.4 Å². The fraction of sp³-hybridized carbons (Fsp3) is 0.333. The van der Waals surface area contributed by atoms with Crippen LogP contribution < -0.4 is 0 Å². The average molecular weight is 239 g/mol. The zero-order valence-corrected chi connectivity index (χ0v) is 11.1. The second-order valence-corrected chi connectivity index (χ2v) is 4.36. The van der Waals surface area contributed by atoms with Gasteiger partial charge < -0.3 is 0 Å². The summed E-state index contributed by atoms with van der Waals surface area (Å²) in [5, 5.41) is 13.6. The highest BCUT2D eigenvalue weighted by Crippen LogP contribution is 2.17. The molecule has 0 N–H and O–H groups in total. The largest absolute Gasteiger partial charge is 0.238 e. The summed E-state index contributed by atoms with van der Waals surface area (Å²) in [4.78, 5) is 0. The van der Waals surface area contributed by atoms with E-state index in [-0.39, 0.29) is 0 Å². The van der Waals surface area contributed by atoms with E-state index in [2.05, 4.69) is 31.1 Å². The maximum atomic E-state index is 8.95. The Morgan fingerprint density at radius 3 is 2.56 bits per heavy atom. The predicted octanol–water partition coefficient (Wildman–Crippen LogP) is 3.18. The molecule has 0 fully saturated rings. The third kappa shape index (κ3) is 2.14. The molecule has 2 rings (SSSR count). The summed E-state index contributed by atoms with van der Waals surface area (Å²) in [7, 11) is 0. The first-order valence-corrected chi connectivity index (χ1v) is 6.28. The van der Waals surface area contributed by atoms with Crippen molar-refractivity contribution in [3.05, 3.63) is 46.8 Å². The van der Waals surface area contributed by atoms with Crippen LogP contribution in [0.15, 0.2) is 24.3 Å². The second-order valence-electron chi connectivity index (χ2n) is 4.36. The Bertz CT molecular complexity index is 603. The average Bonchev–Trinajstić information content (AvgIpc) is 2.82. The van der Waals surface area contributed by atoms with Crippen LogP contribution in [0.1, 0.15) is 36.4 Å². The molecule has 0 aliphatic carbocycles. The van der Waals surface area contributed by atoms with Crippen LogP contribution in [0.3, 0.4) is 0 Å². The van der Waals surface area contributed by atoms with Gasteiger partial charge in [-0.1, -0.05) is 13.8 Å². The van der Waals surface area contributed by atoms with Crippen molar-refractivity contribution in [1.82, 2.24) is 9.78 Å². The monoisotopic (exact) mass is 239 g/mol. The quantitative estimate of drug-likeness (QED) is 0.825. The van der Waals surface area contributed by atoms with Crippen LogP contribution in [0.5, 0.6) is 0 Å². The van der Waals surface area contributed by atoms with Crippen molar-refractivity contribution in [2.24, 2.45) is 0 Å². The Kier molecular flexibility index (Phi) is 3.47. The Hall–Kier alpha value is -2.08. The number of nitriles is 1. The van der Waals surface area contributed by atoms with Crippen molar-refractivity contribution in [1.29, 1.82) is 5.26 Å². The molecule has 2 aromatic rings. The maximum absolute atomic E-state index is 8.95. The van der Waals surface area contributed by atoms with E-state index >= 15 is 0 Å². The van der Waals surface area contributed by atoms with Crippen LogP contribution in [0.4, 0.5) is 0 Å². The normalized spacial score (nSPS) is 10.3. The Labute approximate surface area is 108 Å². The van der Waals surface area contributed by atoms with Gasteiger partial charge in [-0.05, 0) is 49.6 Å². The minimum absolute atomic E-state index is 0.722. The first-order chi connectivity index (χ1) is 8.69. The molecule has 0 aliphatic heterocycles. The standard InChI is InChI=1S/C15H17N3/c1-4-13-9-14(5-2)18(17-13)15-7-6-12(10-16)11(3)8-15/h6-9H,4-5H2,1-3H3. The van der Waals surface area contributed by atoms with Crippen molar-refractivity contribution in [2.45, 2.75) is 33.6 Å². The van der Waals surface area contributed by atoms with E-state index in [0.29, 0.717) is 0 Å². The smallest absolute Gasteiger partial charge is 0.0994 e.